The van der Waals surface area contributed by atoms with Crippen molar-refractivity contribution in [3.63, 3.8) is 0 Å². The van der Waals surface area contributed by atoms with Gasteiger partial charge >= 0.3 is 5.97 Å². The van der Waals surface area contributed by atoms with E-state index in [4.69, 9.17) is 5.73 Å². The molecule has 0 saturated carbocycles. The molecule has 6 N–H and O–H groups in total. The van der Waals surface area contributed by atoms with Crippen LogP contribution in [0, 0.1) is 0 Å². The minimum Gasteiger partial charge on any atom is -0.460 e. The highest BCUT2D eigenvalue weighted by atomic mass is 32.2. The van der Waals surface area contributed by atoms with Crippen LogP contribution < -0.4 is 22.6 Å². The zero-order valence-electron chi connectivity index (χ0n) is 18.0. The number of H-pyrrole nitrogens is 1. The second-order valence-corrected chi connectivity index (χ2v) is 7.04. The number of Topliss-reactive ketones (excluding diaryl/α,β-unsaturated/α-hetero) is 1. The van der Waals surface area contributed by atoms with Crippen LogP contribution in [0.15, 0.2) is 70.6 Å². The first kappa shape index (κ1) is 30.4. The van der Waals surface area contributed by atoms with E-state index in [1.807, 2.05) is 42.0 Å². The summed E-state index contributed by atoms with van der Waals surface area (Å²) in [4.78, 5) is 36.5. The molecule has 3 aromatic rings. The van der Waals surface area contributed by atoms with Crippen molar-refractivity contribution in [2.24, 2.45) is 11.6 Å². The van der Waals surface area contributed by atoms with Gasteiger partial charge in [-0.25, -0.2) is 10.6 Å². The van der Waals surface area contributed by atoms with E-state index in [2.05, 4.69) is 38.0 Å². The summed E-state index contributed by atoms with van der Waals surface area (Å²) in [5.74, 6) is 3.26. The minimum atomic E-state index is -0.797. The third-order valence-electron chi connectivity index (χ3n) is 3.56. The first-order valence-corrected chi connectivity index (χ1v) is 11.1. The number of ketones is 1. The Morgan fingerprint density at radius 2 is 1.62 bits per heavy atom. The van der Waals surface area contributed by atoms with Gasteiger partial charge in [0.05, 0.1) is 6.61 Å². The van der Waals surface area contributed by atoms with Gasteiger partial charge in [-0.1, -0.05) is 79.9 Å². The van der Waals surface area contributed by atoms with Crippen LogP contribution in [-0.2, 0) is 9.53 Å². The molecule has 0 radical (unpaired) electrons. The molecular formula is C22H28N6O4S2. The summed E-state index contributed by atoms with van der Waals surface area (Å²) in [6.07, 6.45) is 1.84. The van der Waals surface area contributed by atoms with Crippen LogP contribution in [0.25, 0.3) is 11.3 Å². The molecule has 12 heteroatoms. The van der Waals surface area contributed by atoms with Gasteiger partial charge in [-0.2, -0.15) is 0 Å². The van der Waals surface area contributed by atoms with Gasteiger partial charge in [0.1, 0.15) is 0 Å². The van der Waals surface area contributed by atoms with E-state index >= 15 is 0 Å². The number of thioether (sulfide) groups is 1. The van der Waals surface area contributed by atoms with Gasteiger partial charge in [0.2, 0.25) is 0 Å². The number of aromatic nitrogens is 3. The van der Waals surface area contributed by atoms with Crippen molar-refractivity contribution in [1.29, 1.82) is 0 Å². The SMILES string of the molecule is C.CCOC(=O)C(=O)c1ccccc1.CSc1nnc(-c2ccccc2)c(=O)[nH]1.NNC(N)=S. The fourth-order valence-corrected chi connectivity index (χ4v) is 2.42. The van der Waals surface area contributed by atoms with Crippen molar-refractivity contribution < 1.29 is 14.3 Å². The molecule has 1 heterocycles. The van der Waals surface area contributed by atoms with Crippen molar-refractivity contribution in [3.05, 3.63) is 76.6 Å². The molecule has 34 heavy (non-hydrogen) atoms. The lowest BCUT2D eigenvalue weighted by atomic mass is 10.1. The smallest absolute Gasteiger partial charge is 0.379 e. The predicted octanol–water partition coefficient (Wildman–Crippen LogP) is 2.32. The summed E-state index contributed by atoms with van der Waals surface area (Å²) in [5, 5.41) is 8.44. The third kappa shape index (κ3) is 10.8. The normalized spacial score (nSPS) is 9.03. The number of hydrazine groups is 1. The van der Waals surface area contributed by atoms with Crippen molar-refractivity contribution in [2.45, 2.75) is 19.5 Å². The Labute approximate surface area is 207 Å². The molecule has 10 nitrogen and oxygen atoms in total. The van der Waals surface area contributed by atoms with E-state index in [9.17, 15) is 14.4 Å². The summed E-state index contributed by atoms with van der Waals surface area (Å²) >= 11 is 5.60. The van der Waals surface area contributed by atoms with E-state index in [-0.39, 0.29) is 24.7 Å². The molecule has 0 aliphatic rings. The number of aromatic amines is 1. The highest BCUT2D eigenvalue weighted by Gasteiger charge is 2.16. The van der Waals surface area contributed by atoms with Gasteiger partial charge in [0.15, 0.2) is 16.0 Å². The number of nitrogens with zero attached hydrogens (tertiary/aromatic N) is 2. The molecule has 0 aliphatic carbocycles. The highest BCUT2D eigenvalue weighted by Crippen LogP contribution is 2.11. The maximum absolute atomic E-state index is 11.6. The standard InChI is InChI=1S/C10H9N3OS.C10H10O3.CH5N3S.CH4/c1-15-10-11-9(14)8(12-13-10)7-5-3-2-4-6-7;1-2-13-10(12)9(11)8-6-4-3-5-7-8;2-1(5)4-3;/h2-6H,1H3,(H,11,13,14);3-7H,2H2,1H3;3H2,(H3,2,4,5);1H4. The Balaban J connectivity index is 0.000000528. The van der Waals surface area contributed by atoms with Crippen LogP contribution in [0.1, 0.15) is 24.7 Å². The second-order valence-electron chi connectivity index (χ2n) is 5.80. The van der Waals surface area contributed by atoms with Gasteiger partial charge in [-0.05, 0) is 25.4 Å². The summed E-state index contributed by atoms with van der Waals surface area (Å²) in [6.45, 7) is 1.88. The van der Waals surface area contributed by atoms with Crippen LogP contribution in [0.4, 0.5) is 0 Å². The Bertz CT molecular complexity index is 1100. The Morgan fingerprint density at radius 1 is 1.09 bits per heavy atom. The molecule has 0 amide bonds. The van der Waals surface area contributed by atoms with Gasteiger partial charge in [0, 0.05) is 11.1 Å². The first-order valence-electron chi connectivity index (χ1n) is 9.42. The maximum atomic E-state index is 11.6. The molecule has 0 spiro atoms. The molecule has 0 aliphatic heterocycles. The van der Waals surface area contributed by atoms with Crippen LogP contribution in [0.3, 0.4) is 0 Å². The minimum absolute atomic E-state index is 0. The molecule has 2 aromatic carbocycles. The summed E-state index contributed by atoms with van der Waals surface area (Å²) in [5.41, 5.74) is 8.11. The average Bonchev–Trinajstić information content (AvgIpc) is 2.85. The average molecular weight is 505 g/mol. The fourth-order valence-electron chi connectivity index (χ4n) is 2.10. The van der Waals surface area contributed by atoms with Crippen LogP contribution in [0.2, 0.25) is 0 Å². The fraction of sp³-hybridized carbons (Fsp3) is 0.182. The Hall–Kier alpha value is -3.61. The van der Waals surface area contributed by atoms with E-state index in [0.29, 0.717) is 16.4 Å². The number of carbonyl (C=O) groups excluding carboxylic acids is 2. The molecule has 0 bridgehead atoms. The third-order valence-corrected chi connectivity index (χ3v) is 4.24. The second kappa shape index (κ2) is 16.9. The molecule has 0 unspecified atom stereocenters. The summed E-state index contributed by atoms with van der Waals surface area (Å²) < 4.78 is 4.57. The number of nitrogens with two attached hydrogens (primary N) is 2. The van der Waals surface area contributed by atoms with Crippen molar-refractivity contribution in [3.8, 4) is 11.3 Å². The van der Waals surface area contributed by atoms with Crippen LogP contribution in [-0.4, -0.2) is 44.9 Å². The van der Waals surface area contributed by atoms with Crippen LogP contribution in [0.5, 0.6) is 0 Å². The van der Waals surface area contributed by atoms with E-state index in [1.165, 1.54) is 11.8 Å². The van der Waals surface area contributed by atoms with Crippen molar-refractivity contribution in [1.82, 2.24) is 20.6 Å². The molecule has 182 valence electrons. The molecule has 0 fully saturated rings. The van der Waals surface area contributed by atoms with E-state index in [1.54, 1.807) is 37.3 Å². The lowest BCUT2D eigenvalue weighted by Crippen LogP contribution is -2.34. The highest BCUT2D eigenvalue weighted by molar-refractivity contribution is 7.98. The van der Waals surface area contributed by atoms with Gasteiger partial charge in [-0.3, -0.25) is 14.6 Å². The summed E-state index contributed by atoms with van der Waals surface area (Å²) in [7, 11) is 0. The Kier molecular flexibility index (Phi) is 15.1. The zero-order valence-corrected chi connectivity index (χ0v) is 19.6. The number of hydrogen-bond donors (Lipinski definition) is 4. The van der Waals surface area contributed by atoms with Crippen molar-refractivity contribution in [2.75, 3.05) is 12.9 Å². The maximum Gasteiger partial charge on any atom is 0.379 e. The number of thiocarbonyl (C=S) groups is 1. The molecule has 1 aromatic heterocycles. The largest absolute Gasteiger partial charge is 0.460 e. The Morgan fingerprint density at radius 3 is 2.06 bits per heavy atom. The lowest BCUT2D eigenvalue weighted by Gasteiger charge is -1.99. The lowest BCUT2D eigenvalue weighted by molar-refractivity contribution is -0.137. The van der Waals surface area contributed by atoms with Gasteiger partial charge in [-0.15, -0.1) is 10.2 Å². The molecule has 0 saturated heterocycles. The number of esters is 1. The number of benzene rings is 2. The topological polar surface area (TPSA) is 166 Å². The molecular weight excluding hydrogens is 476 g/mol. The first-order chi connectivity index (χ1) is 15.8. The quantitative estimate of drug-likeness (QED) is 0.0766. The number of rotatable bonds is 5. The monoisotopic (exact) mass is 504 g/mol. The molecule has 3 rings (SSSR count). The number of hydrogen-bond acceptors (Lipinski definition) is 9. The number of carbonyl (C=O) groups is 2. The molecule has 0 atom stereocenters. The van der Waals surface area contributed by atoms with Crippen molar-refractivity contribution >= 4 is 40.8 Å². The number of nitrogens with one attached hydrogen (secondary N) is 2. The summed E-state index contributed by atoms with van der Waals surface area (Å²) in [6, 6.07) is 17.6. The van der Waals surface area contributed by atoms with E-state index < -0.39 is 11.8 Å². The van der Waals surface area contributed by atoms with Gasteiger partial charge in [0.25, 0.3) is 11.3 Å². The van der Waals surface area contributed by atoms with Gasteiger partial charge < -0.3 is 15.9 Å². The van der Waals surface area contributed by atoms with Crippen LogP contribution >= 0.6 is 24.0 Å². The number of ether oxygens (including phenoxy) is 1. The predicted molar refractivity (Wildman–Crippen MR) is 138 cm³/mol. The zero-order chi connectivity index (χ0) is 24.6. The van der Waals surface area contributed by atoms with E-state index in [0.717, 1.165) is 5.56 Å².